The number of hydrogen-bond donors (Lipinski definition) is 0. The van der Waals surface area contributed by atoms with Crippen molar-refractivity contribution in [2.24, 2.45) is 0 Å². The molecule has 2 heterocycles. The van der Waals surface area contributed by atoms with Crippen LogP contribution in [0.3, 0.4) is 0 Å². The molecule has 0 unspecified atom stereocenters. The molecule has 0 saturated carbocycles. The van der Waals surface area contributed by atoms with Crippen LogP contribution in [0.1, 0.15) is 22.4 Å². The molecule has 3 rings (SSSR count). The van der Waals surface area contributed by atoms with E-state index in [4.69, 9.17) is 0 Å². The van der Waals surface area contributed by atoms with Gasteiger partial charge >= 0.3 is 0 Å². The van der Waals surface area contributed by atoms with Crippen LogP contribution in [0.2, 0.25) is 0 Å². The molecule has 1 aromatic heterocycles. The number of amides is 2. The van der Waals surface area contributed by atoms with Gasteiger partial charge in [-0.15, -0.1) is 11.3 Å². The zero-order chi connectivity index (χ0) is 16.4. The number of hydrogen-bond acceptors (Lipinski definition) is 4. The molecule has 1 saturated heterocycles. The summed E-state index contributed by atoms with van der Waals surface area (Å²) >= 11 is 1.54. The Labute approximate surface area is 139 Å². The van der Waals surface area contributed by atoms with Gasteiger partial charge in [0.05, 0.1) is 9.88 Å². The van der Waals surface area contributed by atoms with Crippen molar-refractivity contribution in [1.29, 1.82) is 0 Å². The molecule has 120 valence electrons. The maximum atomic E-state index is 12.9. The van der Waals surface area contributed by atoms with Gasteiger partial charge in [-0.1, -0.05) is 30.3 Å². The fourth-order valence-electron chi connectivity index (χ4n) is 2.73. The molecule has 2 aromatic rings. The number of carbonyl (C=O) groups excluding carboxylic acids is 2. The average Bonchev–Trinajstić information content (AvgIpc) is 2.97. The van der Waals surface area contributed by atoms with E-state index >= 15 is 0 Å². The Bertz CT molecular complexity index is 719. The van der Waals surface area contributed by atoms with Gasteiger partial charge in [-0.25, -0.2) is 4.98 Å². The Morgan fingerprint density at radius 1 is 1.04 bits per heavy atom. The highest BCUT2D eigenvalue weighted by Gasteiger charge is 2.27. The summed E-state index contributed by atoms with van der Waals surface area (Å²) in [5, 5.41) is 0.884. The smallest absolute Gasteiger partial charge is 0.274 e. The number of piperazine rings is 1. The molecule has 1 aliphatic heterocycles. The molecule has 0 aliphatic carbocycles. The van der Waals surface area contributed by atoms with Crippen LogP contribution < -0.4 is 0 Å². The SMILES string of the molecule is CC(=O)N1CCN(C(=O)c2nc(C)sc2-c2ccccc2)CC1. The fraction of sp³-hybridized carbons (Fsp3) is 0.353. The van der Waals surface area contributed by atoms with Crippen LogP contribution in [0.15, 0.2) is 30.3 Å². The highest BCUT2D eigenvalue weighted by molar-refractivity contribution is 7.15. The van der Waals surface area contributed by atoms with E-state index < -0.39 is 0 Å². The molecular formula is C17H19N3O2S. The van der Waals surface area contributed by atoms with Gasteiger partial charge in [0, 0.05) is 33.1 Å². The Morgan fingerprint density at radius 3 is 2.26 bits per heavy atom. The molecule has 5 nitrogen and oxygen atoms in total. The predicted molar refractivity (Wildman–Crippen MR) is 90.4 cm³/mol. The highest BCUT2D eigenvalue weighted by atomic mass is 32.1. The van der Waals surface area contributed by atoms with E-state index in [9.17, 15) is 9.59 Å². The lowest BCUT2D eigenvalue weighted by Gasteiger charge is -2.34. The number of carbonyl (C=O) groups is 2. The van der Waals surface area contributed by atoms with E-state index in [-0.39, 0.29) is 11.8 Å². The Hall–Kier alpha value is -2.21. The molecule has 0 radical (unpaired) electrons. The van der Waals surface area contributed by atoms with Crippen molar-refractivity contribution in [2.45, 2.75) is 13.8 Å². The molecule has 0 spiro atoms. The van der Waals surface area contributed by atoms with E-state index in [0.29, 0.717) is 31.9 Å². The molecular weight excluding hydrogens is 310 g/mol. The largest absolute Gasteiger partial charge is 0.339 e. The molecule has 1 aromatic carbocycles. The first-order valence-electron chi connectivity index (χ1n) is 7.64. The lowest BCUT2D eigenvalue weighted by Crippen LogP contribution is -2.50. The van der Waals surface area contributed by atoms with Gasteiger partial charge in [-0.3, -0.25) is 9.59 Å². The molecule has 6 heteroatoms. The average molecular weight is 329 g/mol. The molecule has 0 atom stereocenters. The first-order valence-corrected chi connectivity index (χ1v) is 8.45. The Morgan fingerprint density at radius 2 is 1.65 bits per heavy atom. The summed E-state index contributed by atoms with van der Waals surface area (Å²) in [6.07, 6.45) is 0. The zero-order valence-electron chi connectivity index (χ0n) is 13.3. The first kappa shape index (κ1) is 15.7. The molecule has 0 bridgehead atoms. The van der Waals surface area contributed by atoms with E-state index in [1.165, 1.54) is 0 Å². The topological polar surface area (TPSA) is 53.5 Å². The second-order valence-corrected chi connectivity index (χ2v) is 6.78. The van der Waals surface area contributed by atoms with Crippen molar-refractivity contribution in [3.63, 3.8) is 0 Å². The summed E-state index contributed by atoms with van der Waals surface area (Å²) in [5.41, 5.74) is 1.54. The second kappa shape index (κ2) is 6.50. The number of benzene rings is 1. The Balaban J connectivity index is 1.83. The van der Waals surface area contributed by atoms with Crippen LogP contribution in [0, 0.1) is 6.92 Å². The van der Waals surface area contributed by atoms with Gasteiger partial charge < -0.3 is 9.80 Å². The van der Waals surface area contributed by atoms with E-state index in [1.54, 1.807) is 28.1 Å². The maximum absolute atomic E-state index is 12.9. The van der Waals surface area contributed by atoms with Crippen LogP contribution in [-0.2, 0) is 4.79 Å². The fourth-order valence-corrected chi connectivity index (χ4v) is 3.65. The minimum atomic E-state index is -0.0450. The van der Waals surface area contributed by atoms with Crippen molar-refractivity contribution in [3.8, 4) is 10.4 Å². The van der Waals surface area contributed by atoms with E-state index in [1.807, 2.05) is 37.3 Å². The molecule has 0 N–H and O–H groups in total. The summed E-state index contributed by atoms with van der Waals surface area (Å²) in [4.78, 5) is 33.2. The summed E-state index contributed by atoms with van der Waals surface area (Å²) < 4.78 is 0. The van der Waals surface area contributed by atoms with Gasteiger partial charge in [0.15, 0.2) is 0 Å². The normalized spacial score (nSPS) is 14.9. The number of aromatic nitrogens is 1. The standard InChI is InChI=1S/C17H19N3O2S/c1-12-18-15(16(23-12)14-6-4-3-5-7-14)17(22)20-10-8-19(9-11-20)13(2)21/h3-7H,8-11H2,1-2H3. The van der Waals surface area contributed by atoms with Crippen LogP contribution in [0.5, 0.6) is 0 Å². The number of aryl methyl sites for hydroxylation is 1. The van der Waals surface area contributed by atoms with Gasteiger partial charge in [-0.2, -0.15) is 0 Å². The van der Waals surface area contributed by atoms with Crippen LogP contribution >= 0.6 is 11.3 Å². The zero-order valence-corrected chi connectivity index (χ0v) is 14.1. The van der Waals surface area contributed by atoms with Crippen LogP contribution in [-0.4, -0.2) is 52.8 Å². The Kier molecular flexibility index (Phi) is 4.43. The number of rotatable bonds is 2. The summed E-state index contributed by atoms with van der Waals surface area (Å²) in [6.45, 7) is 5.78. The number of nitrogens with zero attached hydrogens (tertiary/aromatic N) is 3. The molecule has 1 aliphatic rings. The molecule has 1 fully saturated rings. The lowest BCUT2D eigenvalue weighted by atomic mass is 10.1. The highest BCUT2D eigenvalue weighted by Crippen LogP contribution is 2.31. The minimum absolute atomic E-state index is 0.0450. The van der Waals surface area contributed by atoms with Crippen molar-refractivity contribution < 1.29 is 9.59 Å². The van der Waals surface area contributed by atoms with Crippen LogP contribution in [0.4, 0.5) is 0 Å². The third-order valence-electron chi connectivity index (χ3n) is 3.98. The van der Waals surface area contributed by atoms with Crippen molar-refractivity contribution in [3.05, 3.63) is 41.0 Å². The number of thiazole rings is 1. The summed E-state index contributed by atoms with van der Waals surface area (Å²) in [6, 6.07) is 9.88. The predicted octanol–water partition coefficient (Wildman–Crippen LogP) is 2.42. The van der Waals surface area contributed by atoms with E-state index in [2.05, 4.69) is 4.98 Å². The maximum Gasteiger partial charge on any atom is 0.274 e. The minimum Gasteiger partial charge on any atom is -0.339 e. The third-order valence-corrected chi connectivity index (χ3v) is 5.00. The van der Waals surface area contributed by atoms with Crippen molar-refractivity contribution in [2.75, 3.05) is 26.2 Å². The first-order chi connectivity index (χ1) is 11.1. The van der Waals surface area contributed by atoms with Gasteiger partial charge in [0.2, 0.25) is 5.91 Å². The summed E-state index contributed by atoms with van der Waals surface area (Å²) in [5.74, 6) is 0.0166. The van der Waals surface area contributed by atoms with Crippen molar-refractivity contribution in [1.82, 2.24) is 14.8 Å². The van der Waals surface area contributed by atoms with Crippen molar-refractivity contribution >= 4 is 23.2 Å². The molecule has 23 heavy (non-hydrogen) atoms. The summed E-state index contributed by atoms with van der Waals surface area (Å²) in [7, 11) is 0. The molecule has 2 amide bonds. The monoisotopic (exact) mass is 329 g/mol. The van der Waals surface area contributed by atoms with Gasteiger partial charge in [-0.05, 0) is 12.5 Å². The quantitative estimate of drug-likeness (QED) is 0.850. The van der Waals surface area contributed by atoms with E-state index in [0.717, 1.165) is 15.4 Å². The van der Waals surface area contributed by atoms with Crippen LogP contribution in [0.25, 0.3) is 10.4 Å². The van der Waals surface area contributed by atoms with Gasteiger partial charge in [0.1, 0.15) is 5.69 Å². The third kappa shape index (κ3) is 3.27. The second-order valence-electron chi connectivity index (χ2n) is 5.57. The van der Waals surface area contributed by atoms with Gasteiger partial charge in [0.25, 0.3) is 5.91 Å². The lowest BCUT2D eigenvalue weighted by molar-refractivity contribution is -0.130.